The lowest BCUT2D eigenvalue weighted by molar-refractivity contribution is 0.102. The van der Waals surface area contributed by atoms with Crippen molar-refractivity contribution in [3.05, 3.63) is 47.9 Å². The van der Waals surface area contributed by atoms with Crippen molar-refractivity contribution in [2.75, 3.05) is 11.9 Å². The molecule has 5 rings (SSSR count). The molecular formula is C21H22N4O3. The number of carbonyl (C=O) groups excluding carboxylic acids is 1. The molecule has 3 heterocycles. The second-order valence-electron chi connectivity index (χ2n) is 8.15. The van der Waals surface area contributed by atoms with E-state index >= 15 is 0 Å². The van der Waals surface area contributed by atoms with Gasteiger partial charge in [-0.25, -0.2) is 9.50 Å². The summed E-state index contributed by atoms with van der Waals surface area (Å²) >= 11 is 0. The Kier molecular flexibility index (Phi) is 3.79. The smallest absolute Gasteiger partial charge is 0.261 e. The van der Waals surface area contributed by atoms with Gasteiger partial charge in [-0.1, -0.05) is 0 Å². The molecule has 7 nitrogen and oxygen atoms in total. The first kappa shape index (κ1) is 17.0. The Balaban J connectivity index is 1.46. The van der Waals surface area contributed by atoms with Crippen LogP contribution >= 0.6 is 0 Å². The predicted molar refractivity (Wildman–Crippen MR) is 104 cm³/mol. The van der Waals surface area contributed by atoms with E-state index in [0.29, 0.717) is 35.2 Å². The van der Waals surface area contributed by atoms with Crippen molar-refractivity contribution >= 4 is 17.2 Å². The minimum atomic E-state index is -0.261. The SMILES string of the molecule is CC1(C)Cc2cc(NC(=O)c3cnn4cccnc34)c(OCC3CC3)cc2O1. The fraction of sp³-hybridized carbons (Fsp3) is 0.381. The Bertz CT molecular complexity index is 1070. The molecule has 1 N–H and O–H groups in total. The molecular weight excluding hydrogens is 356 g/mol. The monoisotopic (exact) mass is 378 g/mol. The van der Waals surface area contributed by atoms with E-state index in [1.807, 2.05) is 12.1 Å². The number of anilines is 1. The molecule has 2 aromatic heterocycles. The van der Waals surface area contributed by atoms with E-state index in [0.717, 1.165) is 17.7 Å². The molecule has 144 valence electrons. The molecule has 0 radical (unpaired) electrons. The van der Waals surface area contributed by atoms with Crippen LogP contribution in [0.3, 0.4) is 0 Å². The zero-order valence-corrected chi connectivity index (χ0v) is 15.9. The Labute approximate surface area is 162 Å². The standard InChI is InChI=1S/C21H22N4O3/c1-21(2)10-14-8-16(18(9-17(14)28-21)27-12-13-4-5-13)24-20(26)15-11-23-25-7-3-6-22-19(15)25/h3,6-9,11,13H,4-5,10,12H2,1-2H3,(H,24,26). The summed E-state index contributed by atoms with van der Waals surface area (Å²) in [5, 5.41) is 7.18. The van der Waals surface area contributed by atoms with Crippen LogP contribution in [-0.2, 0) is 6.42 Å². The van der Waals surface area contributed by atoms with Gasteiger partial charge in [0.2, 0.25) is 0 Å². The highest BCUT2D eigenvalue weighted by Crippen LogP contribution is 2.42. The van der Waals surface area contributed by atoms with E-state index in [9.17, 15) is 4.79 Å². The quantitative estimate of drug-likeness (QED) is 0.735. The molecule has 0 saturated heterocycles. The summed E-state index contributed by atoms with van der Waals surface area (Å²) in [6.45, 7) is 4.77. The second kappa shape index (κ2) is 6.22. The summed E-state index contributed by atoms with van der Waals surface area (Å²) in [5.41, 5.74) is 2.40. The van der Waals surface area contributed by atoms with Crippen LogP contribution in [0, 0.1) is 5.92 Å². The maximum Gasteiger partial charge on any atom is 0.261 e. The van der Waals surface area contributed by atoms with Crippen LogP contribution in [0.15, 0.2) is 36.8 Å². The molecule has 0 unspecified atom stereocenters. The first-order valence-electron chi connectivity index (χ1n) is 9.57. The third-order valence-corrected chi connectivity index (χ3v) is 5.11. The molecule has 7 heteroatoms. The van der Waals surface area contributed by atoms with Crippen molar-refractivity contribution in [3.63, 3.8) is 0 Å². The second-order valence-corrected chi connectivity index (χ2v) is 8.15. The van der Waals surface area contributed by atoms with Gasteiger partial charge < -0.3 is 14.8 Å². The Morgan fingerprint density at radius 2 is 2.25 bits per heavy atom. The molecule has 0 atom stereocenters. The summed E-state index contributed by atoms with van der Waals surface area (Å²) in [6, 6.07) is 5.63. The summed E-state index contributed by atoms with van der Waals surface area (Å²) in [6.07, 6.45) is 8.12. The summed E-state index contributed by atoms with van der Waals surface area (Å²) in [5.74, 6) is 1.81. The minimum absolute atomic E-state index is 0.259. The molecule has 28 heavy (non-hydrogen) atoms. The highest BCUT2D eigenvalue weighted by atomic mass is 16.5. The van der Waals surface area contributed by atoms with Gasteiger partial charge in [0.25, 0.3) is 5.91 Å². The van der Waals surface area contributed by atoms with Crippen LogP contribution in [0.2, 0.25) is 0 Å². The number of carbonyl (C=O) groups is 1. The third-order valence-electron chi connectivity index (χ3n) is 5.11. The zero-order valence-electron chi connectivity index (χ0n) is 15.9. The number of fused-ring (bicyclic) bond motifs is 2. The van der Waals surface area contributed by atoms with Crippen molar-refractivity contribution in [1.82, 2.24) is 14.6 Å². The maximum absolute atomic E-state index is 12.9. The number of aromatic nitrogens is 3. The normalized spacial score (nSPS) is 17.2. The van der Waals surface area contributed by atoms with Gasteiger partial charge in [-0.15, -0.1) is 0 Å². The highest BCUT2D eigenvalue weighted by Gasteiger charge is 2.32. The van der Waals surface area contributed by atoms with Crippen molar-refractivity contribution in [3.8, 4) is 11.5 Å². The van der Waals surface area contributed by atoms with Crippen LogP contribution in [-0.4, -0.2) is 32.7 Å². The van der Waals surface area contributed by atoms with Gasteiger partial charge in [-0.3, -0.25) is 4.79 Å². The largest absolute Gasteiger partial charge is 0.491 e. The molecule has 0 spiro atoms. The van der Waals surface area contributed by atoms with Gasteiger partial charge in [0.1, 0.15) is 22.7 Å². The minimum Gasteiger partial charge on any atom is -0.491 e. The number of ether oxygens (including phenoxy) is 2. The van der Waals surface area contributed by atoms with Crippen molar-refractivity contribution in [2.45, 2.75) is 38.7 Å². The molecule has 1 amide bonds. The Morgan fingerprint density at radius 1 is 1.39 bits per heavy atom. The van der Waals surface area contributed by atoms with Gasteiger partial charge in [-0.05, 0) is 44.7 Å². The Morgan fingerprint density at radius 3 is 3.07 bits per heavy atom. The molecule has 3 aromatic rings. The number of hydrogen-bond donors (Lipinski definition) is 1. The molecule has 1 aliphatic carbocycles. The predicted octanol–water partition coefficient (Wildman–Crippen LogP) is 3.48. The highest BCUT2D eigenvalue weighted by molar-refractivity contribution is 6.08. The van der Waals surface area contributed by atoms with E-state index in [1.54, 1.807) is 23.0 Å². The molecule has 1 aliphatic heterocycles. The van der Waals surface area contributed by atoms with Gasteiger partial charge >= 0.3 is 0 Å². The maximum atomic E-state index is 12.9. The lowest BCUT2D eigenvalue weighted by Crippen LogP contribution is -2.24. The molecule has 0 bridgehead atoms. The molecule has 1 saturated carbocycles. The van der Waals surface area contributed by atoms with Crippen LogP contribution in [0.5, 0.6) is 11.5 Å². The summed E-state index contributed by atoms with van der Waals surface area (Å²) < 4.78 is 13.6. The topological polar surface area (TPSA) is 77.8 Å². The Hall–Kier alpha value is -3.09. The first-order chi connectivity index (χ1) is 13.5. The van der Waals surface area contributed by atoms with Crippen molar-refractivity contribution < 1.29 is 14.3 Å². The summed E-state index contributed by atoms with van der Waals surface area (Å²) in [4.78, 5) is 17.2. The average Bonchev–Trinajstić information content (AvgIpc) is 3.29. The third kappa shape index (κ3) is 3.17. The number of rotatable bonds is 5. The van der Waals surface area contributed by atoms with Gasteiger partial charge in [0.15, 0.2) is 5.65 Å². The average molecular weight is 378 g/mol. The van der Waals surface area contributed by atoms with E-state index in [4.69, 9.17) is 9.47 Å². The van der Waals surface area contributed by atoms with Crippen LogP contribution in [0.1, 0.15) is 42.6 Å². The fourth-order valence-electron chi connectivity index (χ4n) is 3.52. The van der Waals surface area contributed by atoms with E-state index in [-0.39, 0.29) is 11.5 Å². The van der Waals surface area contributed by atoms with Gasteiger partial charge in [0.05, 0.1) is 18.5 Å². The van der Waals surface area contributed by atoms with E-state index < -0.39 is 0 Å². The number of nitrogens with zero attached hydrogens (tertiary/aromatic N) is 3. The van der Waals surface area contributed by atoms with E-state index in [1.165, 1.54) is 19.0 Å². The fourth-order valence-corrected chi connectivity index (χ4v) is 3.52. The first-order valence-corrected chi connectivity index (χ1v) is 9.57. The van der Waals surface area contributed by atoms with Gasteiger partial charge in [0, 0.05) is 30.4 Å². The number of nitrogens with one attached hydrogen (secondary N) is 1. The lowest BCUT2D eigenvalue weighted by atomic mass is 10.0. The number of benzene rings is 1. The van der Waals surface area contributed by atoms with Crippen molar-refractivity contribution in [2.24, 2.45) is 5.92 Å². The zero-order chi connectivity index (χ0) is 19.3. The van der Waals surface area contributed by atoms with Crippen LogP contribution < -0.4 is 14.8 Å². The lowest BCUT2D eigenvalue weighted by Gasteiger charge is -2.17. The molecule has 2 aliphatic rings. The van der Waals surface area contributed by atoms with Crippen LogP contribution in [0.25, 0.3) is 5.65 Å². The van der Waals surface area contributed by atoms with Gasteiger partial charge in [-0.2, -0.15) is 5.10 Å². The van der Waals surface area contributed by atoms with E-state index in [2.05, 4.69) is 29.2 Å². The summed E-state index contributed by atoms with van der Waals surface area (Å²) in [7, 11) is 0. The number of amides is 1. The molecule has 1 aromatic carbocycles. The molecule has 1 fully saturated rings. The van der Waals surface area contributed by atoms with Crippen LogP contribution in [0.4, 0.5) is 5.69 Å². The van der Waals surface area contributed by atoms with Crippen molar-refractivity contribution in [1.29, 1.82) is 0 Å². The number of hydrogen-bond acceptors (Lipinski definition) is 5.